The maximum atomic E-state index is 17.2. The monoisotopic (exact) mass is 523 g/mol. The molecule has 0 heterocycles. The number of aliphatic hydroxyl groups is 2. The fraction of sp³-hybridized carbons (Fsp3) is 0.731. The predicted molar refractivity (Wildman–Crippen MR) is 126 cm³/mol. The number of allylic oxidation sites excluding steroid dienone is 4. The molecule has 0 radical (unpaired) electrons. The molecule has 0 aromatic rings. The lowest BCUT2D eigenvalue weighted by molar-refractivity contribution is -0.757. The first kappa shape index (κ1) is 27.4. The van der Waals surface area contributed by atoms with E-state index < -0.39 is 69.4 Å². The summed E-state index contributed by atoms with van der Waals surface area (Å²) < 4.78 is 22.2. The van der Waals surface area contributed by atoms with E-state index in [1.54, 1.807) is 26.8 Å². The van der Waals surface area contributed by atoms with E-state index in [0.717, 1.165) is 0 Å². The summed E-state index contributed by atoms with van der Waals surface area (Å²) >= 11 is 0. The predicted octanol–water partition coefficient (Wildman–Crippen LogP) is 2.44. The smallest absolute Gasteiger partial charge is 0.306 e. The van der Waals surface area contributed by atoms with Crippen molar-refractivity contribution in [3.8, 4) is 0 Å². The molecule has 37 heavy (non-hydrogen) atoms. The lowest BCUT2D eigenvalue weighted by Gasteiger charge is -2.62. The first-order chi connectivity index (χ1) is 17.2. The Morgan fingerprint density at radius 3 is 2.68 bits per heavy atom. The Morgan fingerprint density at radius 2 is 2.00 bits per heavy atom. The van der Waals surface area contributed by atoms with E-state index in [0.29, 0.717) is 24.8 Å². The Bertz CT molecular complexity index is 1070. The second-order valence-electron chi connectivity index (χ2n) is 11.4. The number of carbonyl (C=O) groups excluding carboxylic acids is 3. The number of Topliss-reactive ketones (excluding diaryl/α,β-unsaturated/α-hetero) is 1. The Balaban J connectivity index is 1.54. The molecule has 0 saturated heterocycles. The van der Waals surface area contributed by atoms with Crippen LogP contribution < -0.4 is 0 Å². The highest BCUT2D eigenvalue weighted by atomic mass is 19.1. The number of rotatable bonds is 8. The summed E-state index contributed by atoms with van der Waals surface area (Å²) in [6.07, 6.45) is 3.68. The van der Waals surface area contributed by atoms with Crippen molar-refractivity contribution in [1.82, 2.24) is 0 Å². The summed E-state index contributed by atoms with van der Waals surface area (Å²) in [6.45, 7) is 4.12. The van der Waals surface area contributed by atoms with Gasteiger partial charge in [-0.1, -0.05) is 25.5 Å². The largest absolute Gasteiger partial charge is 0.458 e. The highest BCUT2D eigenvalue weighted by Crippen LogP contribution is 2.70. The van der Waals surface area contributed by atoms with Crippen LogP contribution in [0.5, 0.6) is 0 Å². The second-order valence-corrected chi connectivity index (χ2v) is 11.4. The van der Waals surface area contributed by atoms with Crippen molar-refractivity contribution in [2.45, 2.75) is 76.7 Å². The van der Waals surface area contributed by atoms with Gasteiger partial charge in [-0.3, -0.25) is 14.4 Å². The Morgan fingerprint density at radius 1 is 1.30 bits per heavy atom. The summed E-state index contributed by atoms with van der Waals surface area (Å²) in [7, 11) is 0. The van der Waals surface area contributed by atoms with Crippen LogP contribution in [0.2, 0.25) is 0 Å². The van der Waals surface area contributed by atoms with Crippen molar-refractivity contribution in [1.29, 1.82) is 0 Å². The van der Waals surface area contributed by atoms with Gasteiger partial charge in [0, 0.05) is 23.2 Å². The van der Waals surface area contributed by atoms with E-state index >= 15 is 4.39 Å². The van der Waals surface area contributed by atoms with Crippen molar-refractivity contribution in [2.24, 2.45) is 28.6 Å². The fourth-order valence-corrected chi connectivity index (χ4v) is 7.82. The van der Waals surface area contributed by atoms with Gasteiger partial charge in [-0.05, 0) is 63.0 Å². The lowest BCUT2D eigenvalue weighted by Crippen LogP contribution is -2.69. The Labute approximate surface area is 214 Å². The first-order valence-corrected chi connectivity index (χ1v) is 12.7. The third-order valence-corrected chi connectivity index (χ3v) is 9.73. The first-order valence-electron chi connectivity index (χ1n) is 12.7. The third kappa shape index (κ3) is 3.93. The quantitative estimate of drug-likeness (QED) is 0.211. The Kier molecular flexibility index (Phi) is 6.86. The molecule has 2 N–H and O–H groups in total. The molecule has 0 spiro atoms. The van der Waals surface area contributed by atoms with Gasteiger partial charge in [-0.2, -0.15) is 0 Å². The highest BCUT2D eigenvalue weighted by Gasteiger charge is 2.75. The van der Waals surface area contributed by atoms with Crippen molar-refractivity contribution >= 4 is 17.5 Å². The molecule has 0 bridgehead atoms. The number of carbonyl (C=O) groups is 3. The van der Waals surface area contributed by atoms with Gasteiger partial charge in [0.2, 0.25) is 5.78 Å². The van der Waals surface area contributed by atoms with Crippen molar-refractivity contribution in [3.05, 3.63) is 33.9 Å². The van der Waals surface area contributed by atoms with Crippen LogP contribution in [0, 0.1) is 38.7 Å². The minimum absolute atomic E-state index is 0.0240. The maximum Gasteiger partial charge on any atom is 0.306 e. The normalized spacial score (nSPS) is 42.2. The van der Waals surface area contributed by atoms with E-state index in [1.807, 2.05) is 0 Å². The van der Waals surface area contributed by atoms with Crippen LogP contribution in [0.3, 0.4) is 0 Å². The van der Waals surface area contributed by atoms with Crippen molar-refractivity contribution in [2.75, 3.05) is 13.2 Å². The van der Waals surface area contributed by atoms with Crippen LogP contribution in [0.15, 0.2) is 23.8 Å². The summed E-state index contributed by atoms with van der Waals surface area (Å²) in [5.74, 6) is -3.35. The lowest BCUT2D eigenvalue weighted by atomic mass is 9.44. The molecular weight excluding hydrogens is 489 g/mol. The molecule has 0 aromatic carbocycles. The topological polar surface area (TPSA) is 153 Å². The second kappa shape index (κ2) is 9.27. The molecule has 4 aliphatic rings. The van der Waals surface area contributed by atoms with E-state index in [2.05, 4.69) is 4.84 Å². The number of nitrogens with zero attached hydrogens (tertiary/aromatic N) is 1. The number of halogens is 1. The van der Waals surface area contributed by atoms with Crippen molar-refractivity contribution in [3.63, 3.8) is 0 Å². The molecule has 8 unspecified atom stereocenters. The van der Waals surface area contributed by atoms with Gasteiger partial charge in [-0.25, -0.2) is 4.39 Å². The Hall–Kier alpha value is -2.66. The van der Waals surface area contributed by atoms with Gasteiger partial charge >= 0.3 is 5.97 Å². The summed E-state index contributed by atoms with van der Waals surface area (Å²) in [5, 5.41) is 32.4. The van der Waals surface area contributed by atoms with Crippen LogP contribution in [0.4, 0.5) is 4.39 Å². The van der Waals surface area contributed by atoms with Gasteiger partial charge in [0.05, 0.1) is 12.7 Å². The molecule has 11 heteroatoms. The molecule has 4 aliphatic carbocycles. The van der Waals surface area contributed by atoms with Crippen LogP contribution in [0.1, 0.15) is 59.3 Å². The highest BCUT2D eigenvalue weighted by molar-refractivity contribution is 6.01. The average molecular weight is 524 g/mol. The maximum absolute atomic E-state index is 17.2. The van der Waals surface area contributed by atoms with E-state index in [-0.39, 0.29) is 31.7 Å². The fourth-order valence-electron chi connectivity index (χ4n) is 7.82. The zero-order chi connectivity index (χ0) is 27.4. The molecule has 3 fully saturated rings. The number of hydrogen-bond acceptors (Lipinski definition) is 9. The van der Waals surface area contributed by atoms with Crippen molar-refractivity contribution < 1.29 is 43.6 Å². The standard InChI is InChI=1S/C26H34FNO9/c1-15-11-19-18-7-6-16-12-17(29)8-9-23(16,2)25(18,27)20(30)13-24(19,3)26(15,33)21(31)14-36-22(32)5-4-10-37-28(34)35/h8-9,12,15,18-20,30,33H,4-7,10-11,13-14H2,1-3H3. The van der Waals surface area contributed by atoms with Gasteiger partial charge in [0.15, 0.2) is 18.1 Å². The van der Waals surface area contributed by atoms with Gasteiger partial charge in [0.25, 0.3) is 5.09 Å². The van der Waals surface area contributed by atoms with Gasteiger partial charge in [0.1, 0.15) is 5.60 Å². The summed E-state index contributed by atoms with van der Waals surface area (Å²) in [5.41, 5.74) is -5.72. The number of alkyl halides is 1. The number of ketones is 2. The van der Waals surface area contributed by atoms with E-state index in [4.69, 9.17) is 4.74 Å². The molecule has 3 saturated carbocycles. The van der Waals surface area contributed by atoms with E-state index in [1.165, 1.54) is 12.2 Å². The average Bonchev–Trinajstić information content (AvgIpc) is 3.03. The molecular formula is C26H34FNO9. The number of esters is 1. The number of hydrogen-bond donors (Lipinski definition) is 2. The zero-order valence-electron chi connectivity index (χ0n) is 21.3. The number of fused-ring (bicyclic) bond motifs is 5. The van der Waals surface area contributed by atoms with Crippen LogP contribution in [0.25, 0.3) is 0 Å². The molecule has 4 rings (SSSR count). The van der Waals surface area contributed by atoms with Crippen LogP contribution in [-0.2, 0) is 24.0 Å². The zero-order valence-corrected chi connectivity index (χ0v) is 21.3. The summed E-state index contributed by atoms with van der Waals surface area (Å²) in [6, 6.07) is 0. The number of ether oxygens (including phenoxy) is 1. The van der Waals surface area contributed by atoms with Gasteiger partial charge < -0.3 is 19.8 Å². The minimum atomic E-state index is -2.08. The molecule has 8 atom stereocenters. The van der Waals surface area contributed by atoms with Gasteiger partial charge in [-0.15, -0.1) is 10.1 Å². The molecule has 0 amide bonds. The number of aliphatic hydroxyl groups excluding tert-OH is 1. The molecule has 0 aliphatic heterocycles. The summed E-state index contributed by atoms with van der Waals surface area (Å²) in [4.78, 5) is 51.7. The molecule has 204 valence electrons. The molecule has 10 nitrogen and oxygen atoms in total. The SMILES string of the molecule is CC1CC2C3CCC4=CC(=O)C=CC4(C)C3(F)C(O)CC2(C)C1(O)C(=O)COC(=O)CCCO[N+](=O)[O-]. The molecule has 0 aromatic heterocycles. The third-order valence-electron chi connectivity index (χ3n) is 9.73. The minimum Gasteiger partial charge on any atom is -0.458 e. The van der Waals surface area contributed by atoms with Crippen LogP contribution >= 0.6 is 0 Å². The van der Waals surface area contributed by atoms with E-state index in [9.17, 15) is 34.7 Å². The van der Waals surface area contributed by atoms with Crippen LogP contribution in [-0.4, -0.2) is 63.4 Å².